The molecule has 4 rings (SSSR count). The van der Waals surface area contributed by atoms with Gasteiger partial charge in [0.25, 0.3) is 11.8 Å². The zero-order valence-corrected chi connectivity index (χ0v) is 21.9. The van der Waals surface area contributed by atoms with Gasteiger partial charge < -0.3 is 13.9 Å². The highest BCUT2D eigenvalue weighted by Gasteiger charge is 2.58. The van der Waals surface area contributed by atoms with Crippen molar-refractivity contribution in [1.82, 2.24) is 4.90 Å². The van der Waals surface area contributed by atoms with Crippen LogP contribution >= 0.6 is 24.0 Å². The highest BCUT2D eigenvalue weighted by Crippen LogP contribution is 2.54. The summed E-state index contributed by atoms with van der Waals surface area (Å²) in [5.41, 5.74) is 0.927. The number of thiocarbonyl (C=S) groups is 1. The van der Waals surface area contributed by atoms with Crippen molar-refractivity contribution in [2.75, 3.05) is 20.3 Å². The molecule has 5 atom stereocenters. The Kier molecular flexibility index (Phi) is 7.00. The summed E-state index contributed by atoms with van der Waals surface area (Å²) in [4.78, 5) is 39.9. The number of thioether (sulfide) groups is 1. The van der Waals surface area contributed by atoms with Gasteiger partial charge in [-0.2, -0.15) is 0 Å². The van der Waals surface area contributed by atoms with Gasteiger partial charge in [0.15, 0.2) is 8.32 Å². The van der Waals surface area contributed by atoms with E-state index in [1.54, 1.807) is 24.3 Å². The van der Waals surface area contributed by atoms with E-state index < -0.39 is 8.32 Å². The summed E-state index contributed by atoms with van der Waals surface area (Å²) in [5, 5.41) is -0.0265. The van der Waals surface area contributed by atoms with Crippen molar-refractivity contribution in [3.63, 3.8) is 0 Å². The first kappa shape index (κ1) is 24.4. The molecule has 0 unspecified atom stereocenters. The molecule has 1 saturated heterocycles. The van der Waals surface area contributed by atoms with Gasteiger partial charge in [0.1, 0.15) is 0 Å². The smallest absolute Gasteiger partial charge is 0.308 e. The molecule has 0 aromatic heterocycles. The molecule has 1 aliphatic carbocycles. The minimum Gasteiger partial charge on any atom is -0.479 e. The number of methoxy groups -OCH3 is 1. The van der Waals surface area contributed by atoms with Crippen LogP contribution in [0.5, 0.6) is 0 Å². The molecule has 3 aliphatic rings. The average molecular weight is 508 g/mol. The van der Waals surface area contributed by atoms with Gasteiger partial charge in [0, 0.05) is 29.4 Å². The van der Waals surface area contributed by atoms with Gasteiger partial charge in [-0.05, 0) is 57.2 Å². The van der Waals surface area contributed by atoms with E-state index in [9.17, 15) is 14.4 Å². The van der Waals surface area contributed by atoms with Crippen molar-refractivity contribution in [2.24, 2.45) is 11.8 Å². The molecule has 2 aliphatic heterocycles. The van der Waals surface area contributed by atoms with E-state index in [1.807, 2.05) is 6.92 Å². The number of amides is 2. The highest BCUT2D eigenvalue weighted by atomic mass is 32.2. The van der Waals surface area contributed by atoms with Crippen LogP contribution in [0.3, 0.4) is 0 Å². The van der Waals surface area contributed by atoms with Crippen LogP contribution in [0, 0.1) is 11.8 Å². The number of rotatable bonds is 5. The molecule has 0 N–H and O–H groups in total. The molecule has 2 amide bonds. The summed E-state index contributed by atoms with van der Waals surface area (Å²) in [6, 6.07) is 6.95. The second-order valence-corrected chi connectivity index (χ2v) is 15.3. The Morgan fingerprint density at radius 2 is 1.85 bits per heavy atom. The largest absolute Gasteiger partial charge is 0.479 e. The third-order valence-electron chi connectivity index (χ3n) is 7.01. The number of hydrogen-bond acceptors (Lipinski definition) is 8. The maximum Gasteiger partial charge on any atom is 0.308 e. The van der Waals surface area contributed by atoms with E-state index in [0.29, 0.717) is 41.5 Å². The van der Waals surface area contributed by atoms with Gasteiger partial charge in [-0.3, -0.25) is 19.3 Å². The van der Waals surface area contributed by atoms with E-state index >= 15 is 0 Å². The van der Waals surface area contributed by atoms with Crippen LogP contribution in [0.15, 0.2) is 24.3 Å². The maximum absolute atomic E-state index is 13.1. The second kappa shape index (κ2) is 9.48. The lowest BCUT2D eigenvalue weighted by Crippen LogP contribution is -2.45. The minimum atomic E-state index is -2.31. The normalized spacial score (nSPS) is 30.1. The first-order valence-corrected chi connectivity index (χ1v) is 15.5. The number of carbonyl (C=O) groups is 3. The van der Waals surface area contributed by atoms with Gasteiger partial charge in [-0.1, -0.05) is 23.9 Å². The summed E-state index contributed by atoms with van der Waals surface area (Å²) in [6.07, 6.45) is 1.02. The van der Waals surface area contributed by atoms with Crippen LogP contribution in [-0.2, 0) is 18.7 Å². The van der Waals surface area contributed by atoms with Crippen molar-refractivity contribution < 1.29 is 28.3 Å². The maximum atomic E-state index is 13.1. The molecule has 7 nitrogen and oxygen atoms in total. The Labute approximate surface area is 204 Å². The van der Waals surface area contributed by atoms with E-state index in [4.69, 9.17) is 26.1 Å². The number of imide groups is 1. The van der Waals surface area contributed by atoms with Crippen molar-refractivity contribution in [2.45, 2.75) is 49.8 Å². The van der Waals surface area contributed by atoms with Crippen LogP contribution in [0.4, 0.5) is 0 Å². The number of fused-ring (bicyclic) bond motifs is 2. The Hall–Kier alpha value is -1.75. The summed E-state index contributed by atoms with van der Waals surface area (Å²) in [6.45, 7) is 6.93. The number of esters is 1. The summed E-state index contributed by atoms with van der Waals surface area (Å²) < 4.78 is 17.6. The number of carbonyl (C=O) groups excluding carboxylic acids is 3. The second-order valence-electron chi connectivity index (χ2n) is 9.24. The zero-order valence-electron chi connectivity index (χ0n) is 19.2. The van der Waals surface area contributed by atoms with Gasteiger partial charge >= 0.3 is 5.97 Å². The van der Waals surface area contributed by atoms with Crippen molar-refractivity contribution in [3.05, 3.63) is 35.4 Å². The molecule has 0 bridgehead atoms. The summed E-state index contributed by atoms with van der Waals surface area (Å²) in [5.74, 6) is -0.961. The van der Waals surface area contributed by atoms with Crippen LogP contribution in [0.2, 0.25) is 18.6 Å². The minimum absolute atomic E-state index is 0.0187. The molecule has 178 valence electrons. The fraction of sp³-hybridized carbons (Fsp3) is 0.565. The molecule has 33 heavy (non-hydrogen) atoms. The number of ether oxygens (including phenoxy) is 2. The van der Waals surface area contributed by atoms with Crippen molar-refractivity contribution >= 4 is 54.5 Å². The third-order valence-corrected chi connectivity index (χ3v) is 11.8. The topological polar surface area (TPSA) is 82.1 Å². The zero-order chi connectivity index (χ0) is 23.9. The monoisotopic (exact) mass is 507 g/mol. The van der Waals surface area contributed by atoms with Crippen molar-refractivity contribution in [3.8, 4) is 0 Å². The van der Waals surface area contributed by atoms with Crippen LogP contribution in [0.25, 0.3) is 0 Å². The fourth-order valence-corrected chi connectivity index (χ4v) is 10.6. The number of hydrogen-bond donors (Lipinski definition) is 0. The fourth-order valence-electron chi connectivity index (χ4n) is 5.50. The average Bonchev–Trinajstić information content (AvgIpc) is 3.18. The van der Waals surface area contributed by atoms with Crippen molar-refractivity contribution in [1.29, 1.82) is 0 Å². The standard InChI is InChI=1S/C23H29NO6S2Si/c1-5-29-23(31)32-17-11-13(22(27)28-2)10-16-19(17)18(33(3,4)30-16)12-24-20(25)14-8-6-7-9-15(14)21(24)26/h6-9,13,16-19H,5,10-12H2,1-4H3/t13-,16+,17+,18+,19+/m1/s1. The van der Waals surface area contributed by atoms with E-state index in [-0.39, 0.29) is 46.5 Å². The Morgan fingerprint density at radius 1 is 1.21 bits per heavy atom. The van der Waals surface area contributed by atoms with Gasteiger partial charge in [-0.15, -0.1) is 0 Å². The van der Waals surface area contributed by atoms with Crippen LogP contribution in [0.1, 0.15) is 40.5 Å². The lowest BCUT2D eigenvalue weighted by atomic mass is 9.77. The lowest BCUT2D eigenvalue weighted by molar-refractivity contribution is -0.148. The van der Waals surface area contributed by atoms with E-state index in [0.717, 1.165) is 0 Å². The highest BCUT2D eigenvalue weighted by molar-refractivity contribution is 8.23. The molecule has 2 fully saturated rings. The molecule has 1 saturated carbocycles. The third kappa shape index (κ3) is 4.50. The number of benzene rings is 1. The summed E-state index contributed by atoms with van der Waals surface area (Å²) >= 11 is 6.89. The first-order chi connectivity index (χ1) is 15.7. The molecule has 0 radical (unpaired) electrons. The van der Waals surface area contributed by atoms with Crippen LogP contribution in [-0.4, -0.2) is 67.0 Å². The molecule has 10 heteroatoms. The van der Waals surface area contributed by atoms with E-state index in [1.165, 1.54) is 23.8 Å². The van der Waals surface area contributed by atoms with E-state index in [2.05, 4.69) is 13.1 Å². The Balaban J connectivity index is 1.62. The number of nitrogens with zero attached hydrogens (tertiary/aromatic N) is 1. The molecule has 1 aromatic rings. The SMILES string of the molecule is CCOC(=S)S[C@H]1C[C@H](C(=O)OC)C[C@@H]2O[Si](C)(C)[C@@H](CN3C(=O)c4ccccc4C3=O)[C@@H]21. The predicted molar refractivity (Wildman–Crippen MR) is 132 cm³/mol. The Morgan fingerprint density at radius 3 is 2.42 bits per heavy atom. The molecular formula is C23H29NO6S2Si. The van der Waals surface area contributed by atoms with Crippen LogP contribution < -0.4 is 0 Å². The first-order valence-electron chi connectivity index (χ1n) is 11.2. The van der Waals surface area contributed by atoms with Gasteiger partial charge in [-0.25, -0.2) is 0 Å². The molecule has 1 aromatic carbocycles. The van der Waals surface area contributed by atoms with Gasteiger partial charge in [0.05, 0.1) is 30.8 Å². The summed E-state index contributed by atoms with van der Waals surface area (Å²) in [7, 11) is -0.906. The molecule has 0 spiro atoms. The molecule has 2 heterocycles. The Bertz CT molecular complexity index is 950. The predicted octanol–water partition coefficient (Wildman–Crippen LogP) is 3.88. The van der Waals surface area contributed by atoms with Gasteiger partial charge in [0.2, 0.25) is 4.38 Å². The quantitative estimate of drug-likeness (QED) is 0.257. The lowest BCUT2D eigenvalue weighted by Gasteiger charge is -2.39. The molecular weight excluding hydrogens is 478 g/mol.